The Morgan fingerprint density at radius 2 is 2.11 bits per heavy atom. The quantitative estimate of drug-likeness (QED) is 0.882. The fourth-order valence-electron chi connectivity index (χ4n) is 2.37. The van der Waals surface area contributed by atoms with Crippen LogP contribution in [-0.2, 0) is 4.79 Å². The second-order valence-electron chi connectivity index (χ2n) is 5.86. The van der Waals surface area contributed by atoms with Crippen LogP contribution in [0.15, 0.2) is 18.2 Å². The second kappa shape index (κ2) is 5.74. The maximum absolute atomic E-state index is 12.1. The average Bonchev–Trinajstić information content (AvgIpc) is 3.16. The van der Waals surface area contributed by atoms with E-state index in [9.17, 15) is 4.79 Å². The topological polar surface area (TPSA) is 32.3 Å². The van der Waals surface area contributed by atoms with Gasteiger partial charge < -0.3 is 5.32 Å². The van der Waals surface area contributed by atoms with Gasteiger partial charge in [-0.25, -0.2) is 0 Å². The van der Waals surface area contributed by atoms with Gasteiger partial charge in [-0.2, -0.15) is 0 Å². The Balaban J connectivity index is 1.91. The van der Waals surface area contributed by atoms with Crippen molar-refractivity contribution in [1.29, 1.82) is 0 Å². The molecule has 0 bridgehead atoms. The summed E-state index contributed by atoms with van der Waals surface area (Å²) in [5.74, 6) is 0.863. The lowest BCUT2D eigenvalue weighted by Gasteiger charge is -2.24. The number of aryl methyl sites for hydroxylation is 2. The van der Waals surface area contributed by atoms with Gasteiger partial charge in [-0.15, -0.1) is 0 Å². The van der Waals surface area contributed by atoms with E-state index in [1.54, 1.807) is 0 Å². The minimum Gasteiger partial charge on any atom is -0.325 e. The van der Waals surface area contributed by atoms with E-state index in [1.807, 2.05) is 33.0 Å². The van der Waals surface area contributed by atoms with Gasteiger partial charge in [0.15, 0.2) is 0 Å². The fraction of sp³-hybridized carbons (Fsp3) is 0.562. The highest BCUT2D eigenvalue weighted by atomic mass is 16.2. The van der Waals surface area contributed by atoms with E-state index in [2.05, 4.69) is 23.2 Å². The van der Waals surface area contributed by atoms with E-state index >= 15 is 0 Å². The van der Waals surface area contributed by atoms with Gasteiger partial charge in [-0.1, -0.05) is 12.1 Å². The summed E-state index contributed by atoms with van der Waals surface area (Å²) in [4.78, 5) is 14.2. The normalized spacial score (nSPS) is 16.5. The highest BCUT2D eigenvalue weighted by Gasteiger charge is 2.30. The summed E-state index contributed by atoms with van der Waals surface area (Å²) in [5.41, 5.74) is 3.20. The molecule has 3 heteroatoms. The molecular weight excluding hydrogens is 236 g/mol. The Labute approximate surface area is 116 Å². The monoisotopic (exact) mass is 260 g/mol. The Bertz CT molecular complexity index is 466. The van der Waals surface area contributed by atoms with Crippen molar-refractivity contribution in [2.75, 3.05) is 18.9 Å². The van der Waals surface area contributed by atoms with E-state index in [1.165, 1.54) is 18.4 Å². The molecule has 1 aromatic rings. The van der Waals surface area contributed by atoms with Crippen molar-refractivity contribution in [2.24, 2.45) is 5.92 Å². The van der Waals surface area contributed by atoms with Crippen LogP contribution in [0, 0.1) is 19.8 Å². The molecule has 1 atom stereocenters. The maximum Gasteiger partial charge on any atom is 0.238 e. The van der Waals surface area contributed by atoms with Crippen molar-refractivity contribution < 1.29 is 4.79 Å². The number of carbonyl (C=O) groups excluding carboxylic acids is 1. The van der Waals surface area contributed by atoms with Gasteiger partial charge in [0.2, 0.25) is 5.91 Å². The second-order valence-corrected chi connectivity index (χ2v) is 5.86. The molecule has 0 spiro atoms. The number of hydrogen-bond donors (Lipinski definition) is 1. The van der Waals surface area contributed by atoms with E-state index in [0.29, 0.717) is 12.6 Å². The zero-order chi connectivity index (χ0) is 14.0. The molecule has 2 rings (SSSR count). The number of likely N-dealkylation sites (N-methyl/N-ethyl adjacent to an activating group) is 1. The number of anilines is 1. The first-order valence-corrected chi connectivity index (χ1v) is 7.04. The third kappa shape index (κ3) is 3.80. The molecular formula is C16H24N2O. The van der Waals surface area contributed by atoms with Crippen LogP contribution in [-0.4, -0.2) is 30.4 Å². The lowest BCUT2D eigenvalue weighted by molar-refractivity contribution is -0.117. The molecule has 0 aromatic heterocycles. The highest BCUT2D eigenvalue weighted by Crippen LogP contribution is 2.34. The molecule has 104 valence electrons. The van der Waals surface area contributed by atoms with Crippen LogP contribution in [0.2, 0.25) is 0 Å². The zero-order valence-corrected chi connectivity index (χ0v) is 12.4. The lowest BCUT2D eigenvalue weighted by Crippen LogP contribution is -2.37. The average molecular weight is 260 g/mol. The molecule has 1 saturated carbocycles. The third-order valence-corrected chi connectivity index (χ3v) is 4.06. The molecule has 1 aliphatic carbocycles. The van der Waals surface area contributed by atoms with Crippen molar-refractivity contribution in [3.05, 3.63) is 29.3 Å². The van der Waals surface area contributed by atoms with Gasteiger partial charge in [-0.3, -0.25) is 9.69 Å². The molecule has 0 heterocycles. The van der Waals surface area contributed by atoms with E-state index in [0.717, 1.165) is 17.2 Å². The highest BCUT2D eigenvalue weighted by molar-refractivity contribution is 5.93. The van der Waals surface area contributed by atoms with Crippen molar-refractivity contribution in [1.82, 2.24) is 4.90 Å². The van der Waals surface area contributed by atoms with E-state index < -0.39 is 0 Å². The number of nitrogens with one attached hydrogen (secondary N) is 1. The smallest absolute Gasteiger partial charge is 0.238 e. The first kappa shape index (κ1) is 14.1. The molecule has 0 saturated heterocycles. The molecule has 0 radical (unpaired) electrons. The van der Waals surface area contributed by atoms with Crippen LogP contribution >= 0.6 is 0 Å². The summed E-state index contributed by atoms with van der Waals surface area (Å²) in [6.45, 7) is 6.73. The molecule has 19 heavy (non-hydrogen) atoms. The molecule has 0 unspecified atom stereocenters. The SMILES string of the molecule is Cc1ccc(C)c(NC(=O)CN(C)[C@H](C)C2CC2)c1. The number of benzene rings is 1. The van der Waals surface area contributed by atoms with Crippen LogP contribution in [0.25, 0.3) is 0 Å². The maximum atomic E-state index is 12.1. The largest absolute Gasteiger partial charge is 0.325 e. The van der Waals surface area contributed by atoms with Gasteiger partial charge in [-0.05, 0) is 63.8 Å². The minimum absolute atomic E-state index is 0.0729. The Hall–Kier alpha value is -1.35. The molecule has 3 nitrogen and oxygen atoms in total. The van der Waals surface area contributed by atoms with E-state index in [-0.39, 0.29) is 5.91 Å². The Morgan fingerprint density at radius 1 is 1.42 bits per heavy atom. The molecule has 1 aliphatic rings. The van der Waals surface area contributed by atoms with Crippen molar-refractivity contribution in [3.63, 3.8) is 0 Å². The van der Waals surface area contributed by atoms with Gasteiger partial charge in [0.05, 0.1) is 6.54 Å². The van der Waals surface area contributed by atoms with Gasteiger partial charge in [0.1, 0.15) is 0 Å². The first-order chi connectivity index (χ1) is 8.97. The molecule has 1 fully saturated rings. The summed E-state index contributed by atoms with van der Waals surface area (Å²) in [7, 11) is 2.03. The van der Waals surface area contributed by atoms with Crippen molar-refractivity contribution in [3.8, 4) is 0 Å². The summed E-state index contributed by atoms with van der Waals surface area (Å²) < 4.78 is 0. The molecule has 1 N–H and O–H groups in total. The van der Waals surface area contributed by atoms with E-state index in [4.69, 9.17) is 0 Å². The zero-order valence-electron chi connectivity index (χ0n) is 12.4. The molecule has 1 amide bonds. The number of carbonyl (C=O) groups is 1. The lowest BCUT2D eigenvalue weighted by atomic mass is 10.1. The number of hydrogen-bond acceptors (Lipinski definition) is 2. The van der Waals surface area contributed by atoms with Crippen LogP contribution in [0.4, 0.5) is 5.69 Å². The summed E-state index contributed by atoms with van der Waals surface area (Å²) in [6, 6.07) is 6.63. The Morgan fingerprint density at radius 3 is 2.74 bits per heavy atom. The number of rotatable bonds is 5. The van der Waals surface area contributed by atoms with Gasteiger partial charge in [0.25, 0.3) is 0 Å². The van der Waals surface area contributed by atoms with Crippen molar-refractivity contribution >= 4 is 11.6 Å². The van der Waals surface area contributed by atoms with Crippen LogP contribution in [0.1, 0.15) is 30.9 Å². The first-order valence-electron chi connectivity index (χ1n) is 7.04. The Kier molecular flexibility index (Phi) is 4.25. The summed E-state index contributed by atoms with van der Waals surface area (Å²) in [6.07, 6.45) is 2.62. The summed E-state index contributed by atoms with van der Waals surface area (Å²) >= 11 is 0. The molecule has 0 aliphatic heterocycles. The number of nitrogens with zero attached hydrogens (tertiary/aromatic N) is 1. The van der Waals surface area contributed by atoms with Crippen LogP contribution in [0.3, 0.4) is 0 Å². The van der Waals surface area contributed by atoms with Crippen molar-refractivity contribution in [2.45, 2.75) is 39.7 Å². The van der Waals surface area contributed by atoms with Crippen LogP contribution < -0.4 is 5.32 Å². The summed E-state index contributed by atoms with van der Waals surface area (Å²) in [5, 5.41) is 3.02. The minimum atomic E-state index is 0.0729. The number of amides is 1. The third-order valence-electron chi connectivity index (χ3n) is 4.06. The predicted octanol–water partition coefficient (Wildman–Crippen LogP) is 2.97. The standard InChI is InChI=1S/C16H24N2O/c1-11-5-6-12(2)15(9-11)17-16(19)10-18(4)13(3)14-7-8-14/h5-6,9,13-14H,7-8,10H2,1-4H3,(H,17,19)/t13-/m1/s1. The fourth-order valence-corrected chi connectivity index (χ4v) is 2.37. The predicted molar refractivity (Wildman–Crippen MR) is 79.4 cm³/mol. The van der Waals surface area contributed by atoms with Gasteiger partial charge in [0, 0.05) is 11.7 Å². The van der Waals surface area contributed by atoms with Gasteiger partial charge >= 0.3 is 0 Å². The van der Waals surface area contributed by atoms with Crippen LogP contribution in [0.5, 0.6) is 0 Å². The molecule has 1 aromatic carbocycles.